The zero-order valence-corrected chi connectivity index (χ0v) is 17.2. The summed E-state index contributed by atoms with van der Waals surface area (Å²) in [7, 11) is 0. The normalized spacial score (nSPS) is 12.3. The summed E-state index contributed by atoms with van der Waals surface area (Å²) in [6, 6.07) is 12.7. The highest BCUT2D eigenvalue weighted by atomic mass is 35.5. The minimum absolute atomic E-state index is 0. The first-order valence-corrected chi connectivity index (χ1v) is 8.98. The summed E-state index contributed by atoms with van der Waals surface area (Å²) in [5.74, 6) is 0.653. The molecule has 0 aliphatic heterocycles. The molecular formula is C21H31ClN2O2. The zero-order chi connectivity index (χ0) is 18.4. The molecule has 0 aliphatic carbocycles. The number of ether oxygens (including phenoxy) is 1. The van der Waals surface area contributed by atoms with E-state index in [1.54, 1.807) is 0 Å². The van der Waals surface area contributed by atoms with E-state index < -0.39 is 0 Å². The van der Waals surface area contributed by atoms with Crippen LogP contribution < -0.4 is 15.4 Å². The number of nitrogens with one attached hydrogen (secondary N) is 2. The fourth-order valence-electron chi connectivity index (χ4n) is 2.65. The first-order valence-electron chi connectivity index (χ1n) is 8.98. The minimum Gasteiger partial charge on any atom is -0.483 e. The number of hydrogen-bond acceptors (Lipinski definition) is 3. The average molecular weight is 379 g/mol. The van der Waals surface area contributed by atoms with Crippen LogP contribution in [0.15, 0.2) is 36.4 Å². The molecular weight excluding hydrogens is 348 g/mol. The highest BCUT2D eigenvalue weighted by Gasteiger charge is 2.15. The van der Waals surface area contributed by atoms with Crippen molar-refractivity contribution in [2.75, 3.05) is 6.61 Å². The molecule has 2 rings (SSSR count). The lowest BCUT2D eigenvalue weighted by atomic mass is 10.0. The number of carbonyl (C=O) groups excluding carboxylic acids is 1. The quantitative estimate of drug-likeness (QED) is 0.748. The van der Waals surface area contributed by atoms with Crippen molar-refractivity contribution >= 4 is 29.1 Å². The predicted molar refractivity (Wildman–Crippen MR) is 111 cm³/mol. The van der Waals surface area contributed by atoms with E-state index in [-0.39, 0.29) is 30.5 Å². The SMILES string of the molecule is CCC(C)NCc1c(OCC(=O)NC(C)(C)C)ccc2ccccc12.Cl. The van der Waals surface area contributed by atoms with Gasteiger partial charge in [0.25, 0.3) is 5.91 Å². The third kappa shape index (κ3) is 6.50. The fraction of sp³-hybridized carbons (Fsp3) is 0.476. The van der Waals surface area contributed by atoms with Gasteiger partial charge in [0.05, 0.1) is 0 Å². The third-order valence-electron chi connectivity index (χ3n) is 4.11. The van der Waals surface area contributed by atoms with Gasteiger partial charge in [-0.1, -0.05) is 37.3 Å². The molecule has 1 amide bonds. The van der Waals surface area contributed by atoms with Gasteiger partial charge >= 0.3 is 0 Å². The molecule has 2 aromatic carbocycles. The van der Waals surface area contributed by atoms with Gasteiger partial charge in [0, 0.05) is 23.7 Å². The second-order valence-corrected chi connectivity index (χ2v) is 7.54. The highest BCUT2D eigenvalue weighted by Crippen LogP contribution is 2.28. The third-order valence-corrected chi connectivity index (χ3v) is 4.11. The van der Waals surface area contributed by atoms with Gasteiger partial charge in [-0.3, -0.25) is 4.79 Å². The summed E-state index contributed by atoms with van der Waals surface area (Å²) in [6.07, 6.45) is 1.06. The van der Waals surface area contributed by atoms with Crippen LogP contribution in [0.3, 0.4) is 0 Å². The average Bonchev–Trinajstić information content (AvgIpc) is 2.56. The summed E-state index contributed by atoms with van der Waals surface area (Å²) in [6.45, 7) is 10.9. The van der Waals surface area contributed by atoms with E-state index in [9.17, 15) is 4.79 Å². The minimum atomic E-state index is -0.259. The van der Waals surface area contributed by atoms with Gasteiger partial charge in [0.2, 0.25) is 0 Å². The van der Waals surface area contributed by atoms with Crippen molar-refractivity contribution in [3.05, 3.63) is 42.0 Å². The summed E-state index contributed by atoms with van der Waals surface area (Å²) >= 11 is 0. The molecule has 0 saturated heterocycles. The number of benzene rings is 2. The molecule has 0 radical (unpaired) electrons. The van der Waals surface area contributed by atoms with Crippen molar-refractivity contribution in [1.29, 1.82) is 0 Å². The fourth-order valence-corrected chi connectivity index (χ4v) is 2.65. The Bertz CT molecular complexity index is 726. The molecule has 2 aromatic rings. The van der Waals surface area contributed by atoms with Gasteiger partial charge in [-0.2, -0.15) is 0 Å². The van der Waals surface area contributed by atoms with Crippen molar-refractivity contribution in [3.8, 4) is 5.75 Å². The van der Waals surface area contributed by atoms with Gasteiger partial charge in [0.1, 0.15) is 5.75 Å². The molecule has 0 fully saturated rings. The topological polar surface area (TPSA) is 50.4 Å². The molecule has 26 heavy (non-hydrogen) atoms. The molecule has 0 aromatic heterocycles. The summed E-state index contributed by atoms with van der Waals surface area (Å²) in [4.78, 5) is 12.1. The Morgan fingerprint density at radius 3 is 2.50 bits per heavy atom. The van der Waals surface area contributed by atoms with Crippen LogP contribution in [0.5, 0.6) is 5.75 Å². The second kappa shape index (κ2) is 9.79. The number of hydrogen-bond donors (Lipinski definition) is 2. The van der Waals surface area contributed by atoms with E-state index in [2.05, 4.69) is 36.6 Å². The van der Waals surface area contributed by atoms with E-state index in [4.69, 9.17) is 4.74 Å². The maximum absolute atomic E-state index is 12.1. The molecule has 0 saturated carbocycles. The van der Waals surface area contributed by atoms with Gasteiger partial charge in [0.15, 0.2) is 6.61 Å². The highest BCUT2D eigenvalue weighted by molar-refractivity contribution is 5.88. The molecule has 0 spiro atoms. The van der Waals surface area contributed by atoms with Crippen LogP contribution in [0.25, 0.3) is 10.8 Å². The Hall–Kier alpha value is -1.78. The van der Waals surface area contributed by atoms with Crippen LogP contribution >= 0.6 is 12.4 Å². The Balaban J connectivity index is 0.00000338. The van der Waals surface area contributed by atoms with Crippen molar-refractivity contribution in [2.45, 2.75) is 59.2 Å². The van der Waals surface area contributed by atoms with Gasteiger partial charge < -0.3 is 15.4 Å². The maximum atomic E-state index is 12.1. The maximum Gasteiger partial charge on any atom is 0.258 e. The van der Waals surface area contributed by atoms with Gasteiger partial charge in [-0.05, 0) is 51.0 Å². The Labute approximate surface area is 163 Å². The van der Waals surface area contributed by atoms with E-state index >= 15 is 0 Å². The first-order chi connectivity index (χ1) is 11.8. The number of halogens is 1. The zero-order valence-electron chi connectivity index (χ0n) is 16.4. The van der Waals surface area contributed by atoms with E-state index in [0.717, 1.165) is 23.1 Å². The standard InChI is InChI=1S/C21H30N2O2.ClH/c1-6-15(2)22-13-18-17-10-8-7-9-16(17)11-12-19(18)25-14-20(24)23-21(3,4)5;/h7-12,15,22H,6,13-14H2,1-5H3,(H,23,24);1H. The van der Waals surface area contributed by atoms with Crippen molar-refractivity contribution in [1.82, 2.24) is 10.6 Å². The smallest absolute Gasteiger partial charge is 0.258 e. The molecule has 0 bridgehead atoms. The lowest BCUT2D eigenvalue weighted by molar-refractivity contribution is -0.124. The predicted octanol–water partition coefficient (Wildman–Crippen LogP) is 4.44. The Morgan fingerprint density at radius 2 is 1.85 bits per heavy atom. The van der Waals surface area contributed by atoms with Crippen molar-refractivity contribution in [2.24, 2.45) is 0 Å². The molecule has 2 N–H and O–H groups in total. The van der Waals surface area contributed by atoms with Crippen molar-refractivity contribution < 1.29 is 9.53 Å². The number of rotatable bonds is 7. The van der Waals surface area contributed by atoms with Gasteiger partial charge in [-0.25, -0.2) is 0 Å². The number of fused-ring (bicyclic) bond motifs is 1. The second-order valence-electron chi connectivity index (χ2n) is 7.54. The lowest BCUT2D eigenvalue weighted by Gasteiger charge is -2.21. The summed E-state index contributed by atoms with van der Waals surface area (Å²) in [5.41, 5.74) is 0.840. The summed E-state index contributed by atoms with van der Waals surface area (Å²) < 4.78 is 5.87. The van der Waals surface area contributed by atoms with Crippen LogP contribution in [-0.4, -0.2) is 24.1 Å². The molecule has 1 atom stereocenters. The lowest BCUT2D eigenvalue weighted by Crippen LogP contribution is -2.43. The molecule has 0 heterocycles. The monoisotopic (exact) mass is 378 g/mol. The van der Waals surface area contributed by atoms with E-state index in [0.29, 0.717) is 12.6 Å². The van der Waals surface area contributed by atoms with Crippen LogP contribution in [0.1, 0.15) is 46.6 Å². The van der Waals surface area contributed by atoms with Crippen molar-refractivity contribution in [3.63, 3.8) is 0 Å². The summed E-state index contributed by atoms with van der Waals surface area (Å²) in [5, 5.41) is 8.79. The number of amides is 1. The van der Waals surface area contributed by atoms with Gasteiger partial charge in [-0.15, -0.1) is 12.4 Å². The molecule has 4 nitrogen and oxygen atoms in total. The Morgan fingerprint density at radius 1 is 1.15 bits per heavy atom. The van der Waals surface area contributed by atoms with Crippen LogP contribution in [0.4, 0.5) is 0 Å². The van der Waals surface area contributed by atoms with Crippen LogP contribution in [0, 0.1) is 0 Å². The van der Waals surface area contributed by atoms with Crippen LogP contribution in [-0.2, 0) is 11.3 Å². The molecule has 0 aliphatic rings. The first kappa shape index (κ1) is 22.3. The largest absolute Gasteiger partial charge is 0.483 e. The van der Waals surface area contributed by atoms with Crippen LogP contribution in [0.2, 0.25) is 0 Å². The molecule has 5 heteroatoms. The van der Waals surface area contributed by atoms with E-state index in [1.807, 2.05) is 45.0 Å². The Kier molecular flexibility index (Phi) is 8.38. The molecule has 144 valence electrons. The van der Waals surface area contributed by atoms with E-state index in [1.165, 1.54) is 5.39 Å². The molecule has 1 unspecified atom stereocenters. The number of carbonyl (C=O) groups is 1.